The van der Waals surface area contributed by atoms with Crippen LogP contribution in [-0.2, 0) is 16.9 Å². The summed E-state index contributed by atoms with van der Waals surface area (Å²) in [6.07, 6.45) is 3.91. The van der Waals surface area contributed by atoms with Gasteiger partial charge < -0.3 is 19.6 Å². The lowest BCUT2D eigenvalue weighted by molar-refractivity contribution is -0.0650. The summed E-state index contributed by atoms with van der Waals surface area (Å²) >= 11 is 0. The van der Waals surface area contributed by atoms with Gasteiger partial charge >= 0.3 is 0 Å². The molecule has 2 aromatic heterocycles. The van der Waals surface area contributed by atoms with Crippen molar-refractivity contribution in [3.05, 3.63) is 66.3 Å². The second-order valence-electron chi connectivity index (χ2n) is 10.9. The lowest BCUT2D eigenvalue weighted by Crippen LogP contribution is -2.57. The first-order valence-electron chi connectivity index (χ1n) is 14.3. The normalized spacial score (nSPS) is 19.2. The molecule has 41 heavy (non-hydrogen) atoms. The molecule has 0 radical (unpaired) electrons. The van der Waals surface area contributed by atoms with Crippen molar-refractivity contribution in [1.29, 1.82) is 0 Å². The number of hydrogen-bond donors (Lipinski definition) is 1. The van der Waals surface area contributed by atoms with E-state index in [4.69, 9.17) is 9.72 Å². The molecule has 2 saturated heterocycles. The predicted octanol–water partition coefficient (Wildman–Crippen LogP) is 2.21. The minimum atomic E-state index is -1.66. The highest BCUT2D eigenvalue weighted by Crippen LogP contribution is 2.33. The quantitative estimate of drug-likeness (QED) is 0.373. The summed E-state index contributed by atoms with van der Waals surface area (Å²) in [5.41, 5.74) is -1.62. The van der Waals surface area contributed by atoms with Crippen LogP contribution >= 0.6 is 0 Å². The van der Waals surface area contributed by atoms with Crippen LogP contribution in [0.1, 0.15) is 18.9 Å². The van der Waals surface area contributed by atoms with Gasteiger partial charge in [-0.1, -0.05) is 12.1 Å². The van der Waals surface area contributed by atoms with Crippen molar-refractivity contribution < 1.29 is 18.6 Å². The van der Waals surface area contributed by atoms with E-state index in [-0.39, 0.29) is 12.1 Å². The highest BCUT2D eigenvalue weighted by molar-refractivity contribution is 5.48. The van der Waals surface area contributed by atoms with E-state index in [2.05, 4.69) is 36.7 Å². The first-order chi connectivity index (χ1) is 19.8. The Morgan fingerprint density at radius 2 is 1.85 bits per heavy atom. The molecule has 10 nitrogen and oxygen atoms in total. The standard InChI is InChI=1S/C29H40F2N8O2/c1-23(29(40,20-39-22-32-21-33-39)25-8-7-24(30)19-26(25)31)37-11-13-38(14-12-37)28-6-3-5-27(34-28)35(2)9-4-10-36-15-17-41-18-16-36/h3,5-8,19,21-23,40H,4,9-18,20H2,1-2H3/t23-,29-/m1/s1. The molecule has 0 unspecified atom stereocenters. The smallest absolute Gasteiger partial charge is 0.137 e. The number of benzene rings is 1. The van der Waals surface area contributed by atoms with Gasteiger partial charge in [0.05, 0.1) is 19.8 Å². The first kappa shape index (κ1) is 29.3. The molecule has 1 aromatic carbocycles. The van der Waals surface area contributed by atoms with Crippen molar-refractivity contribution in [2.24, 2.45) is 0 Å². The number of halogens is 2. The van der Waals surface area contributed by atoms with Gasteiger partial charge in [-0.05, 0) is 31.5 Å². The van der Waals surface area contributed by atoms with Crippen LogP contribution < -0.4 is 9.80 Å². The van der Waals surface area contributed by atoms with E-state index in [0.29, 0.717) is 26.2 Å². The van der Waals surface area contributed by atoms with Crippen LogP contribution in [0.25, 0.3) is 0 Å². The molecular formula is C29H40F2N8O2. The number of piperazine rings is 1. The maximum atomic E-state index is 15.0. The fourth-order valence-corrected chi connectivity index (χ4v) is 5.76. The zero-order valence-corrected chi connectivity index (χ0v) is 23.9. The lowest BCUT2D eigenvalue weighted by atomic mass is 9.85. The third-order valence-corrected chi connectivity index (χ3v) is 8.33. The predicted molar refractivity (Wildman–Crippen MR) is 153 cm³/mol. The van der Waals surface area contributed by atoms with Crippen molar-refractivity contribution in [2.75, 3.05) is 82.4 Å². The van der Waals surface area contributed by atoms with Gasteiger partial charge in [0.1, 0.15) is 41.5 Å². The third kappa shape index (κ3) is 7.00. The maximum Gasteiger partial charge on any atom is 0.137 e. The summed E-state index contributed by atoms with van der Waals surface area (Å²) in [6, 6.07) is 8.93. The number of anilines is 2. The molecule has 12 heteroatoms. The zero-order valence-electron chi connectivity index (χ0n) is 23.9. The molecule has 0 saturated carbocycles. The van der Waals surface area contributed by atoms with Crippen LogP contribution in [0.4, 0.5) is 20.4 Å². The Balaban J connectivity index is 1.22. The average molecular weight is 571 g/mol. The van der Waals surface area contributed by atoms with Gasteiger partial charge in [0.2, 0.25) is 0 Å². The number of morpholine rings is 1. The molecule has 0 aliphatic carbocycles. The molecule has 2 fully saturated rings. The average Bonchev–Trinajstić information content (AvgIpc) is 3.50. The highest BCUT2D eigenvalue weighted by atomic mass is 19.1. The molecule has 3 aromatic rings. The first-order valence-corrected chi connectivity index (χ1v) is 14.3. The number of pyridine rings is 1. The summed E-state index contributed by atoms with van der Waals surface area (Å²) in [5, 5.41) is 16.1. The fraction of sp³-hybridized carbons (Fsp3) is 0.552. The Morgan fingerprint density at radius 1 is 1.07 bits per heavy atom. The zero-order chi connectivity index (χ0) is 28.8. The maximum absolute atomic E-state index is 15.0. The van der Waals surface area contributed by atoms with E-state index >= 15 is 0 Å². The minimum Gasteiger partial charge on any atom is -0.381 e. The lowest BCUT2D eigenvalue weighted by Gasteiger charge is -2.45. The Morgan fingerprint density at radius 3 is 2.56 bits per heavy atom. The van der Waals surface area contributed by atoms with Gasteiger partial charge in [0, 0.05) is 77.1 Å². The van der Waals surface area contributed by atoms with Crippen molar-refractivity contribution >= 4 is 11.6 Å². The van der Waals surface area contributed by atoms with Crippen LogP contribution in [0.15, 0.2) is 49.1 Å². The van der Waals surface area contributed by atoms with Gasteiger partial charge in [-0.15, -0.1) is 0 Å². The molecule has 0 spiro atoms. The molecule has 2 aliphatic heterocycles. The number of hydrogen-bond acceptors (Lipinski definition) is 9. The van der Waals surface area contributed by atoms with Crippen LogP contribution in [0, 0.1) is 11.6 Å². The third-order valence-electron chi connectivity index (χ3n) is 8.33. The minimum absolute atomic E-state index is 0.0155. The largest absolute Gasteiger partial charge is 0.381 e. The summed E-state index contributed by atoms with van der Waals surface area (Å²) in [5.74, 6) is 0.382. The number of nitrogens with zero attached hydrogens (tertiary/aromatic N) is 8. The fourth-order valence-electron chi connectivity index (χ4n) is 5.76. The molecule has 1 N–H and O–H groups in total. The Bertz CT molecular complexity index is 1250. The van der Waals surface area contributed by atoms with Gasteiger partial charge in [-0.3, -0.25) is 9.80 Å². The van der Waals surface area contributed by atoms with Crippen LogP contribution in [0.2, 0.25) is 0 Å². The summed E-state index contributed by atoms with van der Waals surface area (Å²) in [7, 11) is 2.08. The van der Waals surface area contributed by atoms with Gasteiger partial charge in [-0.2, -0.15) is 5.10 Å². The summed E-state index contributed by atoms with van der Waals surface area (Å²) < 4.78 is 35.6. The number of rotatable bonds is 11. The molecular weight excluding hydrogens is 530 g/mol. The van der Waals surface area contributed by atoms with Crippen molar-refractivity contribution in [3.8, 4) is 0 Å². The topological polar surface area (TPSA) is 86.0 Å². The van der Waals surface area contributed by atoms with Gasteiger partial charge in [-0.25, -0.2) is 23.4 Å². The molecule has 0 amide bonds. The Labute approximate surface area is 240 Å². The second-order valence-corrected chi connectivity index (χ2v) is 10.9. The van der Waals surface area contributed by atoms with Crippen molar-refractivity contribution in [1.82, 2.24) is 29.5 Å². The van der Waals surface area contributed by atoms with E-state index < -0.39 is 23.3 Å². The van der Waals surface area contributed by atoms with E-state index in [9.17, 15) is 13.9 Å². The molecule has 2 aliphatic rings. The van der Waals surface area contributed by atoms with E-state index in [0.717, 1.165) is 63.5 Å². The van der Waals surface area contributed by atoms with Gasteiger partial charge in [0.15, 0.2) is 0 Å². The number of aliphatic hydroxyl groups is 1. The van der Waals surface area contributed by atoms with Crippen molar-refractivity contribution in [2.45, 2.75) is 31.5 Å². The number of ether oxygens (including phenoxy) is 1. The molecule has 222 valence electrons. The Kier molecular flexibility index (Phi) is 9.43. The molecule has 4 heterocycles. The molecule has 0 bridgehead atoms. The monoisotopic (exact) mass is 570 g/mol. The van der Waals surface area contributed by atoms with Crippen LogP contribution in [0.3, 0.4) is 0 Å². The van der Waals surface area contributed by atoms with E-state index in [1.807, 2.05) is 25.1 Å². The molecule has 2 atom stereocenters. The second kappa shape index (κ2) is 13.2. The van der Waals surface area contributed by atoms with E-state index in [1.54, 1.807) is 0 Å². The number of aromatic nitrogens is 4. The van der Waals surface area contributed by atoms with E-state index in [1.165, 1.54) is 29.5 Å². The van der Waals surface area contributed by atoms with Crippen molar-refractivity contribution in [3.63, 3.8) is 0 Å². The summed E-state index contributed by atoms with van der Waals surface area (Å²) in [4.78, 5) is 17.9. The Hall–Kier alpha value is -3.19. The summed E-state index contributed by atoms with van der Waals surface area (Å²) in [6.45, 7) is 10.2. The van der Waals surface area contributed by atoms with Crippen LogP contribution in [0.5, 0.6) is 0 Å². The highest BCUT2D eigenvalue weighted by Gasteiger charge is 2.42. The molecule has 5 rings (SSSR count). The SMILES string of the molecule is C[C@@H](N1CCN(c2cccc(N(C)CCCN3CCOCC3)n2)CC1)[C@](O)(Cn1cncn1)c1ccc(F)cc1F. The van der Waals surface area contributed by atoms with Gasteiger partial charge in [0.25, 0.3) is 0 Å². The van der Waals surface area contributed by atoms with Crippen LogP contribution in [-0.4, -0.2) is 113 Å².